The summed E-state index contributed by atoms with van der Waals surface area (Å²) in [5.41, 5.74) is 0.630. The monoisotopic (exact) mass is 343 g/mol. The van der Waals surface area contributed by atoms with E-state index >= 15 is 0 Å². The maximum atomic E-state index is 12.0. The molecule has 0 aliphatic heterocycles. The third kappa shape index (κ3) is 4.43. The highest BCUT2D eigenvalue weighted by Gasteiger charge is 2.18. The highest BCUT2D eigenvalue weighted by Crippen LogP contribution is 2.27. The molecule has 0 spiro atoms. The number of nitrogens with one attached hydrogen (secondary N) is 1. The maximum Gasteiger partial charge on any atom is 0.240 e. The zero-order valence-electron chi connectivity index (χ0n) is 10.7. The Balaban J connectivity index is 2.98. The van der Waals surface area contributed by atoms with Gasteiger partial charge in [0.15, 0.2) is 0 Å². The summed E-state index contributed by atoms with van der Waals surface area (Å²) in [5, 5.41) is 0.311. The molecule has 1 rings (SSSR count). The Morgan fingerprint density at radius 3 is 2.21 bits per heavy atom. The Bertz CT molecular complexity index is 579. The van der Waals surface area contributed by atoms with Crippen LogP contribution in [-0.2, 0) is 20.8 Å². The lowest BCUT2D eigenvalue weighted by molar-refractivity contribution is 0.580. The minimum atomic E-state index is -3.70. The first-order valence-corrected chi connectivity index (χ1v) is 9.28. The largest absolute Gasteiger partial charge is 0.260 e. The van der Waals surface area contributed by atoms with E-state index in [2.05, 4.69) is 4.72 Å². The van der Waals surface area contributed by atoms with Crippen LogP contribution in [0.5, 0.6) is 0 Å². The Morgan fingerprint density at radius 2 is 1.79 bits per heavy atom. The Kier molecular flexibility index (Phi) is 5.82. The number of hydrogen-bond donors (Lipinski definition) is 1. The smallest absolute Gasteiger partial charge is 0.240 e. The van der Waals surface area contributed by atoms with Gasteiger partial charge in [-0.1, -0.05) is 23.2 Å². The predicted octanol–water partition coefficient (Wildman–Crippen LogP) is 2.35. The van der Waals surface area contributed by atoms with Crippen molar-refractivity contribution in [3.05, 3.63) is 27.7 Å². The van der Waals surface area contributed by atoms with Gasteiger partial charge in [-0.25, -0.2) is 13.1 Å². The van der Waals surface area contributed by atoms with Gasteiger partial charge < -0.3 is 0 Å². The molecule has 1 aromatic carbocycles. The van der Waals surface area contributed by atoms with Crippen LogP contribution in [0, 0.1) is 6.92 Å². The Hall–Kier alpha value is -0.140. The third-order valence-corrected chi connectivity index (χ3v) is 6.18. The van der Waals surface area contributed by atoms with Crippen LogP contribution in [-0.4, -0.2) is 30.7 Å². The first-order valence-electron chi connectivity index (χ1n) is 5.42. The molecule has 0 saturated carbocycles. The van der Waals surface area contributed by atoms with Crippen molar-refractivity contribution in [1.29, 1.82) is 0 Å². The molecular weight excluding hydrogens is 329 g/mol. The van der Waals surface area contributed by atoms with Crippen LogP contribution < -0.4 is 4.72 Å². The van der Waals surface area contributed by atoms with Gasteiger partial charge in [0.05, 0.1) is 4.90 Å². The lowest BCUT2D eigenvalue weighted by Gasteiger charge is -2.12. The summed E-state index contributed by atoms with van der Waals surface area (Å²) < 4.78 is 37.7. The lowest BCUT2D eigenvalue weighted by atomic mass is 10.2. The van der Waals surface area contributed by atoms with Crippen LogP contribution in [0.4, 0.5) is 0 Å². The number of halogens is 2. The van der Waals surface area contributed by atoms with Crippen molar-refractivity contribution >= 4 is 44.0 Å². The van der Waals surface area contributed by atoms with Crippen molar-refractivity contribution < 1.29 is 12.6 Å². The SMILES string of the molecule is Cc1c(Cl)cc(S(=O)(=O)NC[C@@H](C)[S@](C)=O)cc1Cl. The molecule has 8 heteroatoms. The summed E-state index contributed by atoms with van der Waals surface area (Å²) in [4.78, 5) is 0.00202. The highest BCUT2D eigenvalue weighted by atomic mass is 35.5. The topological polar surface area (TPSA) is 63.2 Å². The van der Waals surface area contributed by atoms with Crippen LogP contribution in [0.25, 0.3) is 0 Å². The van der Waals surface area contributed by atoms with E-state index in [4.69, 9.17) is 23.2 Å². The van der Waals surface area contributed by atoms with Gasteiger partial charge in [0, 0.05) is 38.9 Å². The van der Waals surface area contributed by atoms with Crippen LogP contribution in [0.15, 0.2) is 17.0 Å². The van der Waals surface area contributed by atoms with E-state index in [-0.39, 0.29) is 16.7 Å². The van der Waals surface area contributed by atoms with E-state index in [1.54, 1.807) is 13.8 Å². The van der Waals surface area contributed by atoms with Gasteiger partial charge in [0.1, 0.15) is 0 Å². The quantitative estimate of drug-likeness (QED) is 0.892. The van der Waals surface area contributed by atoms with Crippen LogP contribution >= 0.6 is 23.2 Å². The molecule has 0 bridgehead atoms. The van der Waals surface area contributed by atoms with Gasteiger partial charge in [0.25, 0.3) is 0 Å². The second-order valence-corrected chi connectivity index (χ2v) is 8.56. The molecule has 0 aliphatic rings. The summed E-state index contributed by atoms with van der Waals surface area (Å²) in [6.07, 6.45) is 1.53. The average Bonchev–Trinajstić information content (AvgIpc) is 2.32. The minimum Gasteiger partial charge on any atom is -0.260 e. The fourth-order valence-corrected chi connectivity index (χ4v) is 3.43. The number of benzene rings is 1. The predicted molar refractivity (Wildman–Crippen MR) is 79.9 cm³/mol. The van der Waals surface area contributed by atoms with E-state index in [1.807, 2.05) is 0 Å². The summed E-state index contributed by atoms with van der Waals surface area (Å²) in [5.74, 6) is 0. The molecule has 0 heterocycles. The maximum absolute atomic E-state index is 12.0. The van der Waals surface area contributed by atoms with Gasteiger partial charge in [-0.05, 0) is 31.5 Å². The third-order valence-electron chi connectivity index (χ3n) is 2.69. The molecule has 2 atom stereocenters. The van der Waals surface area contributed by atoms with Crippen molar-refractivity contribution in [3.8, 4) is 0 Å². The normalized spacial score (nSPS) is 15.2. The molecule has 0 unspecified atom stereocenters. The molecule has 1 aromatic rings. The van der Waals surface area contributed by atoms with Crippen molar-refractivity contribution in [2.45, 2.75) is 24.0 Å². The van der Waals surface area contributed by atoms with Gasteiger partial charge in [0.2, 0.25) is 10.0 Å². The lowest BCUT2D eigenvalue weighted by Crippen LogP contribution is -2.32. The zero-order chi connectivity index (χ0) is 14.8. The number of rotatable bonds is 5. The van der Waals surface area contributed by atoms with Crippen LogP contribution in [0.1, 0.15) is 12.5 Å². The first-order chi connectivity index (χ1) is 8.65. The first kappa shape index (κ1) is 16.9. The van der Waals surface area contributed by atoms with E-state index in [1.165, 1.54) is 18.4 Å². The standard InChI is InChI=1S/C11H15Cl2NO3S2/c1-7(18(3)15)6-14-19(16,17)9-4-10(12)8(2)11(13)5-9/h4-5,7,14H,6H2,1-3H3/t7-,18+/m1/s1. The number of hydrogen-bond acceptors (Lipinski definition) is 3. The Morgan fingerprint density at radius 1 is 1.32 bits per heavy atom. The molecular formula is C11H15Cl2NO3S2. The molecule has 0 aliphatic carbocycles. The molecule has 4 nitrogen and oxygen atoms in total. The van der Waals surface area contributed by atoms with Gasteiger partial charge >= 0.3 is 0 Å². The molecule has 0 aromatic heterocycles. The summed E-state index contributed by atoms with van der Waals surface area (Å²) in [6.45, 7) is 3.50. The number of sulfonamides is 1. The molecule has 1 N–H and O–H groups in total. The van der Waals surface area contributed by atoms with Crippen LogP contribution in [0.2, 0.25) is 10.0 Å². The fourth-order valence-electron chi connectivity index (χ4n) is 1.20. The van der Waals surface area contributed by atoms with Crippen molar-refractivity contribution in [3.63, 3.8) is 0 Å². The minimum absolute atomic E-state index is 0.00202. The molecule has 0 fully saturated rings. The van der Waals surface area contributed by atoms with Crippen molar-refractivity contribution in [2.75, 3.05) is 12.8 Å². The van der Waals surface area contributed by atoms with Gasteiger partial charge in [-0.15, -0.1) is 0 Å². The molecule has 0 saturated heterocycles. The summed E-state index contributed by atoms with van der Waals surface area (Å²) in [7, 11) is -4.80. The van der Waals surface area contributed by atoms with Gasteiger partial charge in [-0.2, -0.15) is 0 Å². The highest BCUT2D eigenvalue weighted by molar-refractivity contribution is 7.89. The average molecular weight is 344 g/mol. The summed E-state index contributed by atoms with van der Waals surface area (Å²) >= 11 is 11.8. The summed E-state index contributed by atoms with van der Waals surface area (Å²) in [6, 6.07) is 2.69. The van der Waals surface area contributed by atoms with Gasteiger partial charge in [-0.3, -0.25) is 4.21 Å². The molecule has 0 amide bonds. The molecule has 19 heavy (non-hydrogen) atoms. The Labute approximate surface area is 126 Å². The van der Waals surface area contributed by atoms with E-state index in [0.717, 1.165) is 0 Å². The van der Waals surface area contributed by atoms with E-state index < -0.39 is 20.8 Å². The van der Waals surface area contributed by atoms with Crippen molar-refractivity contribution in [2.24, 2.45) is 0 Å². The van der Waals surface area contributed by atoms with E-state index in [9.17, 15) is 12.6 Å². The zero-order valence-corrected chi connectivity index (χ0v) is 13.9. The van der Waals surface area contributed by atoms with Crippen molar-refractivity contribution in [1.82, 2.24) is 4.72 Å². The fraction of sp³-hybridized carbons (Fsp3) is 0.455. The molecule has 0 radical (unpaired) electrons. The van der Waals surface area contributed by atoms with E-state index in [0.29, 0.717) is 15.6 Å². The second-order valence-electron chi connectivity index (χ2n) is 4.17. The molecule has 108 valence electrons. The second kappa shape index (κ2) is 6.54. The van der Waals surface area contributed by atoms with Crippen LogP contribution in [0.3, 0.4) is 0 Å².